The molecule has 0 spiro atoms. The van der Waals surface area contributed by atoms with Crippen LogP contribution in [0.4, 0.5) is 10.1 Å². The second-order valence-electron chi connectivity index (χ2n) is 6.64. The molecule has 0 radical (unpaired) electrons. The molecule has 6 heteroatoms. The van der Waals surface area contributed by atoms with Crippen molar-refractivity contribution in [2.45, 2.75) is 13.0 Å². The summed E-state index contributed by atoms with van der Waals surface area (Å²) in [6, 6.07) is 15.3. The minimum atomic E-state index is -0.887. The van der Waals surface area contributed by atoms with Crippen molar-refractivity contribution >= 4 is 17.6 Å². The van der Waals surface area contributed by atoms with E-state index in [9.17, 15) is 19.1 Å². The number of nitrogens with one attached hydrogen (secondary N) is 1. The van der Waals surface area contributed by atoms with Crippen LogP contribution in [-0.4, -0.2) is 35.0 Å². The Bertz CT molecular complexity index is 764. The average Bonchev–Trinajstić information content (AvgIpc) is 2.64. The summed E-state index contributed by atoms with van der Waals surface area (Å²) >= 11 is 0. The van der Waals surface area contributed by atoms with Crippen LogP contribution < -0.4 is 5.32 Å². The van der Waals surface area contributed by atoms with E-state index in [2.05, 4.69) is 5.32 Å². The van der Waals surface area contributed by atoms with Crippen LogP contribution in [0.3, 0.4) is 0 Å². The second kappa shape index (κ2) is 8.10. The van der Waals surface area contributed by atoms with Gasteiger partial charge in [0.2, 0.25) is 5.91 Å². The molecule has 1 amide bonds. The van der Waals surface area contributed by atoms with E-state index in [4.69, 9.17) is 0 Å². The summed E-state index contributed by atoms with van der Waals surface area (Å²) in [4.78, 5) is 26.1. The molecule has 3 rings (SSSR count). The van der Waals surface area contributed by atoms with E-state index >= 15 is 0 Å². The zero-order valence-corrected chi connectivity index (χ0v) is 14.3. The molecule has 2 atom stereocenters. The molecule has 2 aromatic rings. The molecular formula is C20H21FN2O3. The molecule has 1 saturated heterocycles. The molecule has 1 fully saturated rings. The minimum absolute atomic E-state index is 0.236. The van der Waals surface area contributed by atoms with Crippen molar-refractivity contribution in [1.29, 1.82) is 0 Å². The molecular weight excluding hydrogens is 335 g/mol. The summed E-state index contributed by atoms with van der Waals surface area (Å²) in [5.74, 6) is -2.52. The van der Waals surface area contributed by atoms with Gasteiger partial charge in [-0.15, -0.1) is 0 Å². The molecule has 2 aromatic carbocycles. The number of aliphatic carboxylic acids is 1. The Labute approximate surface area is 151 Å². The van der Waals surface area contributed by atoms with Gasteiger partial charge in [-0.25, -0.2) is 4.39 Å². The van der Waals surface area contributed by atoms with Gasteiger partial charge in [-0.1, -0.05) is 30.3 Å². The lowest BCUT2D eigenvalue weighted by Crippen LogP contribution is -2.46. The van der Waals surface area contributed by atoms with E-state index in [0.717, 1.165) is 5.56 Å². The van der Waals surface area contributed by atoms with E-state index in [0.29, 0.717) is 31.7 Å². The summed E-state index contributed by atoms with van der Waals surface area (Å²) in [5.41, 5.74) is 1.58. The normalized spacial score (nSPS) is 20.5. The van der Waals surface area contributed by atoms with Gasteiger partial charge >= 0.3 is 5.97 Å². The third-order valence-electron chi connectivity index (χ3n) is 4.61. The fraction of sp³-hybridized carbons (Fsp3) is 0.300. The van der Waals surface area contributed by atoms with Gasteiger partial charge in [-0.05, 0) is 36.2 Å². The lowest BCUT2D eigenvalue weighted by molar-refractivity contribution is -0.145. The zero-order valence-electron chi connectivity index (χ0n) is 14.3. The SMILES string of the molecule is O=C(O)[C@H]1C[C@@H](C(=O)Nc2ccc(F)cc2)CN(Cc2ccccc2)C1. The minimum Gasteiger partial charge on any atom is -0.481 e. The van der Waals surface area contributed by atoms with Gasteiger partial charge in [-0.3, -0.25) is 14.5 Å². The molecule has 1 heterocycles. The molecule has 2 N–H and O–H groups in total. The number of hydrogen-bond acceptors (Lipinski definition) is 3. The van der Waals surface area contributed by atoms with E-state index in [1.807, 2.05) is 35.2 Å². The highest BCUT2D eigenvalue weighted by atomic mass is 19.1. The first-order valence-electron chi connectivity index (χ1n) is 8.57. The largest absolute Gasteiger partial charge is 0.481 e. The van der Waals surface area contributed by atoms with Crippen molar-refractivity contribution in [2.24, 2.45) is 11.8 Å². The first-order chi connectivity index (χ1) is 12.5. The number of nitrogens with zero attached hydrogens (tertiary/aromatic N) is 1. The Kier molecular flexibility index (Phi) is 5.63. The summed E-state index contributed by atoms with van der Waals surface area (Å²) in [6.07, 6.45) is 0.299. The van der Waals surface area contributed by atoms with E-state index in [-0.39, 0.29) is 11.7 Å². The van der Waals surface area contributed by atoms with Crippen molar-refractivity contribution in [3.8, 4) is 0 Å². The van der Waals surface area contributed by atoms with Crippen LogP contribution in [0.15, 0.2) is 54.6 Å². The van der Waals surface area contributed by atoms with Gasteiger partial charge in [0, 0.05) is 25.3 Å². The molecule has 0 aliphatic carbocycles. The van der Waals surface area contributed by atoms with Crippen LogP contribution in [0.25, 0.3) is 0 Å². The van der Waals surface area contributed by atoms with Gasteiger partial charge in [0.25, 0.3) is 0 Å². The van der Waals surface area contributed by atoms with Crippen LogP contribution in [0, 0.1) is 17.7 Å². The maximum absolute atomic E-state index is 13.0. The maximum Gasteiger partial charge on any atom is 0.307 e. The Hall–Kier alpha value is -2.73. The summed E-state index contributed by atoms with van der Waals surface area (Å²) in [6.45, 7) is 1.52. The Morgan fingerprint density at radius 3 is 2.35 bits per heavy atom. The summed E-state index contributed by atoms with van der Waals surface area (Å²) in [7, 11) is 0. The Morgan fingerprint density at radius 2 is 1.69 bits per heavy atom. The molecule has 1 aliphatic heterocycles. The van der Waals surface area contributed by atoms with Crippen molar-refractivity contribution in [3.63, 3.8) is 0 Å². The van der Waals surface area contributed by atoms with Crippen LogP contribution in [0.2, 0.25) is 0 Å². The highest BCUT2D eigenvalue weighted by Gasteiger charge is 2.35. The first-order valence-corrected chi connectivity index (χ1v) is 8.57. The summed E-state index contributed by atoms with van der Waals surface area (Å²) in [5, 5.41) is 12.2. The number of likely N-dealkylation sites (tertiary alicyclic amines) is 1. The van der Waals surface area contributed by atoms with Crippen molar-refractivity contribution in [3.05, 3.63) is 66.0 Å². The van der Waals surface area contributed by atoms with Gasteiger partial charge in [0.15, 0.2) is 0 Å². The molecule has 0 unspecified atom stereocenters. The number of carboxylic acids is 1. The van der Waals surface area contributed by atoms with Gasteiger partial charge in [0.1, 0.15) is 5.82 Å². The monoisotopic (exact) mass is 356 g/mol. The molecule has 0 aromatic heterocycles. The highest BCUT2D eigenvalue weighted by molar-refractivity contribution is 5.93. The van der Waals surface area contributed by atoms with Crippen LogP contribution >= 0.6 is 0 Å². The van der Waals surface area contributed by atoms with Crippen LogP contribution in [0.1, 0.15) is 12.0 Å². The summed E-state index contributed by atoms with van der Waals surface area (Å²) < 4.78 is 13.0. The molecule has 5 nitrogen and oxygen atoms in total. The number of anilines is 1. The number of rotatable bonds is 5. The van der Waals surface area contributed by atoms with Crippen molar-refractivity contribution < 1.29 is 19.1 Å². The van der Waals surface area contributed by atoms with Crippen LogP contribution in [0.5, 0.6) is 0 Å². The van der Waals surface area contributed by atoms with Gasteiger partial charge in [-0.2, -0.15) is 0 Å². The van der Waals surface area contributed by atoms with Crippen molar-refractivity contribution in [1.82, 2.24) is 4.90 Å². The molecule has 1 aliphatic rings. The maximum atomic E-state index is 13.0. The standard InChI is InChI=1S/C20H21FN2O3/c21-17-6-8-18(9-7-17)22-19(24)15-10-16(20(25)26)13-23(12-15)11-14-4-2-1-3-5-14/h1-9,15-16H,10-13H2,(H,22,24)(H,25,26)/t15-,16+/m1/s1. The van der Waals surface area contributed by atoms with E-state index in [1.165, 1.54) is 24.3 Å². The van der Waals surface area contributed by atoms with E-state index in [1.54, 1.807) is 0 Å². The van der Waals surface area contributed by atoms with Gasteiger partial charge < -0.3 is 10.4 Å². The lowest BCUT2D eigenvalue weighted by atomic mass is 9.88. The van der Waals surface area contributed by atoms with Crippen molar-refractivity contribution in [2.75, 3.05) is 18.4 Å². The predicted molar refractivity (Wildman–Crippen MR) is 96.0 cm³/mol. The molecule has 0 saturated carbocycles. The molecule has 0 bridgehead atoms. The number of benzene rings is 2. The van der Waals surface area contributed by atoms with Crippen LogP contribution in [-0.2, 0) is 16.1 Å². The molecule has 136 valence electrons. The number of amides is 1. The van der Waals surface area contributed by atoms with E-state index < -0.39 is 17.8 Å². The first kappa shape index (κ1) is 18.1. The highest BCUT2D eigenvalue weighted by Crippen LogP contribution is 2.25. The molecule has 26 heavy (non-hydrogen) atoms. The third-order valence-corrected chi connectivity index (χ3v) is 4.61. The predicted octanol–water partition coefficient (Wildman–Crippen LogP) is 2.99. The number of halogens is 1. The second-order valence-corrected chi connectivity index (χ2v) is 6.64. The number of carbonyl (C=O) groups excluding carboxylic acids is 1. The topological polar surface area (TPSA) is 69.6 Å². The third kappa shape index (κ3) is 4.67. The number of carboxylic acid groups (broad SMARTS) is 1. The smallest absolute Gasteiger partial charge is 0.307 e. The Balaban J connectivity index is 1.69. The fourth-order valence-corrected chi connectivity index (χ4v) is 3.31. The number of hydrogen-bond donors (Lipinski definition) is 2. The zero-order chi connectivity index (χ0) is 18.5. The Morgan fingerprint density at radius 1 is 1.04 bits per heavy atom. The average molecular weight is 356 g/mol. The fourth-order valence-electron chi connectivity index (χ4n) is 3.31. The number of carbonyl (C=O) groups is 2. The quantitative estimate of drug-likeness (QED) is 0.864. The lowest BCUT2D eigenvalue weighted by Gasteiger charge is -2.35. The number of piperidine rings is 1. The van der Waals surface area contributed by atoms with Gasteiger partial charge in [0.05, 0.1) is 11.8 Å².